The molecule has 0 saturated heterocycles. The van der Waals surface area contributed by atoms with E-state index in [4.69, 9.17) is 17.3 Å². The second-order valence-corrected chi connectivity index (χ2v) is 3.64. The molecular weight excluding hydrogens is 188 g/mol. The van der Waals surface area contributed by atoms with Crippen LogP contribution in [-0.4, -0.2) is 22.1 Å². The van der Waals surface area contributed by atoms with E-state index in [2.05, 4.69) is 10.3 Å². The summed E-state index contributed by atoms with van der Waals surface area (Å²) in [6.07, 6.45) is 0.857. The molecule has 5 heteroatoms. The molecule has 1 unspecified atom stereocenters. The number of fused-ring (bicyclic) bond motifs is 1. The molecule has 1 aliphatic rings. The molecule has 4 nitrogen and oxygen atoms in total. The van der Waals surface area contributed by atoms with Gasteiger partial charge >= 0.3 is 0 Å². The number of aromatic nitrogens is 2. The number of nitrogens with zero attached hydrogens (tertiary/aromatic N) is 2. The predicted octanol–water partition coefficient (Wildman–Crippen LogP) is 0.852. The van der Waals surface area contributed by atoms with Gasteiger partial charge in [0.2, 0.25) is 5.95 Å². The smallest absolute Gasteiger partial charge is 0.204 e. The van der Waals surface area contributed by atoms with Gasteiger partial charge in [-0.15, -0.1) is 0 Å². The summed E-state index contributed by atoms with van der Waals surface area (Å²) < 4.78 is 1.94. The Morgan fingerprint density at radius 2 is 2.54 bits per heavy atom. The van der Waals surface area contributed by atoms with Crippen molar-refractivity contribution >= 4 is 17.5 Å². The van der Waals surface area contributed by atoms with Crippen LogP contribution in [0.4, 0.5) is 5.95 Å². The SMILES string of the molecule is CCc1nc2n(c1Cl)CC(N)CN2. The van der Waals surface area contributed by atoms with Crippen LogP contribution < -0.4 is 11.1 Å². The fourth-order valence-corrected chi connectivity index (χ4v) is 1.86. The first-order valence-electron chi connectivity index (χ1n) is 4.46. The number of imidazole rings is 1. The molecule has 0 aromatic carbocycles. The number of hydrogen-bond donors (Lipinski definition) is 2. The van der Waals surface area contributed by atoms with Gasteiger partial charge in [0.1, 0.15) is 5.15 Å². The number of halogens is 1. The third-order valence-corrected chi connectivity index (χ3v) is 2.67. The largest absolute Gasteiger partial charge is 0.354 e. The predicted molar refractivity (Wildman–Crippen MR) is 53.1 cm³/mol. The lowest BCUT2D eigenvalue weighted by molar-refractivity contribution is 0.543. The van der Waals surface area contributed by atoms with Crippen molar-refractivity contribution < 1.29 is 0 Å². The zero-order valence-corrected chi connectivity index (χ0v) is 8.30. The first kappa shape index (κ1) is 8.84. The minimum absolute atomic E-state index is 0.129. The Bertz CT molecular complexity index is 320. The average molecular weight is 201 g/mol. The highest BCUT2D eigenvalue weighted by Crippen LogP contribution is 2.24. The van der Waals surface area contributed by atoms with Gasteiger partial charge in [-0.1, -0.05) is 18.5 Å². The Morgan fingerprint density at radius 3 is 3.23 bits per heavy atom. The Morgan fingerprint density at radius 1 is 1.77 bits per heavy atom. The van der Waals surface area contributed by atoms with Crippen LogP contribution in [0.25, 0.3) is 0 Å². The first-order valence-corrected chi connectivity index (χ1v) is 4.84. The fraction of sp³-hybridized carbons (Fsp3) is 0.625. The summed E-state index contributed by atoms with van der Waals surface area (Å²) in [7, 11) is 0. The maximum atomic E-state index is 6.11. The highest BCUT2D eigenvalue weighted by atomic mass is 35.5. The normalized spacial score (nSPS) is 21.0. The molecule has 0 aliphatic carbocycles. The lowest BCUT2D eigenvalue weighted by atomic mass is 10.3. The third-order valence-electron chi connectivity index (χ3n) is 2.25. The molecule has 0 fully saturated rings. The second kappa shape index (κ2) is 3.20. The van der Waals surface area contributed by atoms with Crippen LogP contribution in [0.1, 0.15) is 12.6 Å². The molecule has 0 saturated carbocycles. The van der Waals surface area contributed by atoms with Crippen LogP contribution in [0, 0.1) is 0 Å². The van der Waals surface area contributed by atoms with E-state index < -0.39 is 0 Å². The maximum Gasteiger partial charge on any atom is 0.204 e. The van der Waals surface area contributed by atoms with Gasteiger partial charge in [-0.3, -0.25) is 4.57 Å². The van der Waals surface area contributed by atoms with E-state index in [1.807, 2.05) is 11.5 Å². The first-order chi connectivity index (χ1) is 6.22. The summed E-state index contributed by atoms with van der Waals surface area (Å²) >= 11 is 6.11. The van der Waals surface area contributed by atoms with Gasteiger partial charge in [0.25, 0.3) is 0 Å². The average Bonchev–Trinajstić information content (AvgIpc) is 2.44. The molecule has 1 aromatic heterocycles. The van der Waals surface area contributed by atoms with Crippen molar-refractivity contribution in [2.24, 2.45) is 5.73 Å². The van der Waals surface area contributed by atoms with Gasteiger partial charge in [-0.05, 0) is 6.42 Å². The zero-order chi connectivity index (χ0) is 9.42. The molecule has 72 valence electrons. The lowest BCUT2D eigenvalue weighted by Gasteiger charge is -2.21. The van der Waals surface area contributed by atoms with Crippen molar-refractivity contribution in [2.75, 3.05) is 11.9 Å². The van der Waals surface area contributed by atoms with Gasteiger partial charge in [-0.2, -0.15) is 0 Å². The van der Waals surface area contributed by atoms with Crippen LogP contribution in [0.5, 0.6) is 0 Å². The summed E-state index contributed by atoms with van der Waals surface area (Å²) in [5.41, 5.74) is 6.74. The maximum absolute atomic E-state index is 6.11. The van der Waals surface area contributed by atoms with Crippen molar-refractivity contribution in [2.45, 2.75) is 25.9 Å². The van der Waals surface area contributed by atoms with Gasteiger partial charge in [0.15, 0.2) is 0 Å². The van der Waals surface area contributed by atoms with Gasteiger partial charge < -0.3 is 11.1 Å². The molecule has 1 aliphatic heterocycles. The molecule has 0 amide bonds. The Labute approximate surface area is 82.1 Å². The van der Waals surface area contributed by atoms with Gasteiger partial charge in [0.05, 0.1) is 5.69 Å². The quantitative estimate of drug-likeness (QED) is 0.707. The van der Waals surface area contributed by atoms with Crippen molar-refractivity contribution in [3.8, 4) is 0 Å². The zero-order valence-electron chi connectivity index (χ0n) is 7.55. The summed E-state index contributed by atoms with van der Waals surface area (Å²) in [5, 5.41) is 3.87. The van der Waals surface area contributed by atoms with Crippen LogP contribution in [0.2, 0.25) is 5.15 Å². The van der Waals surface area contributed by atoms with Crippen LogP contribution >= 0.6 is 11.6 Å². The second-order valence-electron chi connectivity index (χ2n) is 3.28. The Balaban J connectivity index is 2.40. The minimum atomic E-state index is 0.129. The summed E-state index contributed by atoms with van der Waals surface area (Å²) in [5.74, 6) is 0.851. The molecule has 0 radical (unpaired) electrons. The number of hydrogen-bond acceptors (Lipinski definition) is 3. The van der Waals surface area contributed by atoms with Gasteiger partial charge in [-0.25, -0.2) is 4.98 Å². The van der Waals surface area contributed by atoms with Crippen molar-refractivity contribution in [1.29, 1.82) is 0 Å². The molecule has 2 heterocycles. The van der Waals surface area contributed by atoms with E-state index in [9.17, 15) is 0 Å². The topological polar surface area (TPSA) is 55.9 Å². The molecule has 0 bridgehead atoms. The van der Waals surface area contributed by atoms with E-state index in [1.54, 1.807) is 0 Å². The number of aryl methyl sites for hydroxylation is 1. The van der Waals surface area contributed by atoms with Gasteiger partial charge in [0, 0.05) is 19.1 Å². The van der Waals surface area contributed by atoms with Crippen molar-refractivity contribution in [1.82, 2.24) is 9.55 Å². The van der Waals surface area contributed by atoms with Crippen LogP contribution in [0.3, 0.4) is 0 Å². The highest BCUT2D eigenvalue weighted by molar-refractivity contribution is 6.30. The molecule has 1 atom stereocenters. The Kier molecular flexibility index (Phi) is 2.17. The minimum Gasteiger partial charge on any atom is -0.354 e. The lowest BCUT2D eigenvalue weighted by Crippen LogP contribution is -2.38. The fourth-order valence-electron chi connectivity index (χ4n) is 1.53. The number of nitrogens with two attached hydrogens (primary N) is 1. The molecule has 1 aromatic rings. The summed E-state index contributed by atoms with van der Waals surface area (Å²) in [4.78, 5) is 4.37. The van der Waals surface area contributed by atoms with Crippen molar-refractivity contribution in [3.05, 3.63) is 10.8 Å². The molecule has 2 rings (SSSR count). The summed E-state index contributed by atoms with van der Waals surface area (Å²) in [6, 6.07) is 0.129. The highest BCUT2D eigenvalue weighted by Gasteiger charge is 2.20. The van der Waals surface area contributed by atoms with E-state index >= 15 is 0 Å². The van der Waals surface area contributed by atoms with E-state index in [-0.39, 0.29) is 6.04 Å². The standard InChI is InChI=1S/C8H13ClN4/c1-2-6-7(9)13-4-5(10)3-11-8(13)12-6/h5H,2-4,10H2,1H3,(H,11,12). The number of anilines is 1. The molecule has 3 N–H and O–H groups in total. The number of nitrogens with one attached hydrogen (secondary N) is 1. The number of rotatable bonds is 1. The monoisotopic (exact) mass is 200 g/mol. The van der Waals surface area contributed by atoms with Crippen LogP contribution in [0.15, 0.2) is 0 Å². The summed E-state index contributed by atoms with van der Waals surface area (Å²) in [6.45, 7) is 3.57. The molecular formula is C8H13ClN4. The van der Waals surface area contributed by atoms with E-state index in [0.29, 0.717) is 0 Å². The Hall–Kier alpha value is -0.740. The third kappa shape index (κ3) is 1.40. The molecule has 0 spiro atoms. The van der Waals surface area contributed by atoms with Crippen molar-refractivity contribution in [3.63, 3.8) is 0 Å². The van der Waals surface area contributed by atoms with Crippen LogP contribution in [-0.2, 0) is 13.0 Å². The van der Waals surface area contributed by atoms with E-state index in [0.717, 1.165) is 36.3 Å². The molecule has 13 heavy (non-hydrogen) atoms. The van der Waals surface area contributed by atoms with E-state index in [1.165, 1.54) is 0 Å².